The van der Waals surface area contributed by atoms with Gasteiger partial charge in [0.25, 0.3) is 0 Å². The van der Waals surface area contributed by atoms with Gasteiger partial charge in [0.1, 0.15) is 6.61 Å². The van der Waals surface area contributed by atoms with Crippen molar-refractivity contribution in [2.24, 2.45) is 0 Å². The van der Waals surface area contributed by atoms with Gasteiger partial charge in [-0.3, -0.25) is 4.68 Å². The van der Waals surface area contributed by atoms with Crippen molar-refractivity contribution in [2.75, 3.05) is 19.7 Å². The molecule has 1 atom stereocenters. The summed E-state index contributed by atoms with van der Waals surface area (Å²) in [5, 5.41) is 12.9. The number of amides is 1. The van der Waals surface area contributed by atoms with Gasteiger partial charge < -0.3 is 14.7 Å². The van der Waals surface area contributed by atoms with Gasteiger partial charge in [-0.2, -0.15) is 5.10 Å². The molecule has 2 rings (SSSR count). The largest absolute Gasteiger partial charge is 0.478 e. The monoisotopic (exact) mass is 279 g/mol. The van der Waals surface area contributed by atoms with Crippen LogP contribution in [0.25, 0.3) is 0 Å². The van der Waals surface area contributed by atoms with Crippen molar-refractivity contribution in [3.05, 3.63) is 30.6 Å². The molecule has 0 radical (unpaired) electrons. The lowest BCUT2D eigenvalue weighted by atomic mass is 10.1. The van der Waals surface area contributed by atoms with E-state index in [4.69, 9.17) is 9.84 Å². The standard InChI is InChI=1S/C13H17N3O4/c1-2-6-20-13(19)15-5-3-4-11(9-15)16-8-10(7-14-16)12(17)18/h2,7-8,11H,1,3-6,9H2,(H,17,18). The number of hydrogen-bond acceptors (Lipinski definition) is 4. The van der Waals surface area contributed by atoms with Gasteiger partial charge in [0, 0.05) is 19.3 Å². The van der Waals surface area contributed by atoms with Crippen LogP contribution in [0.4, 0.5) is 4.79 Å². The number of nitrogens with zero attached hydrogens (tertiary/aromatic N) is 3. The molecule has 0 spiro atoms. The van der Waals surface area contributed by atoms with Gasteiger partial charge in [0.05, 0.1) is 17.8 Å². The van der Waals surface area contributed by atoms with Crippen LogP contribution < -0.4 is 0 Å². The zero-order chi connectivity index (χ0) is 14.5. The molecule has 1 N–H and O–H groups in total. The molecule has 1 aromatic heterocycles. The average Bonchev–Trinajstić information content (AvgIpc) is 2.95. The van der Waals surface area contributed by atoms with Crippen LogP contribution in [0.3, 0.4) is 0 Å². The summed E-state index contributed by atoms with van der Waals surface area (Å²) in [5.74, 6) is -1.01. The molecule has 1 fully saturated rings. The highest BCUT2D eigenvalue weighted by Gasteiger charge is 2.26. The molecule has 1 aromatic rings. The molecule has 20 heavy (non-hydrogen) atoms. The highest BCUT2D eigenvalue weighted by molar-refractivity contribution is 5.86. The van der Waals surface area contributed by atoms with E-state index in [1.54, 1.807) is 9.58 Å². The third-order valence-electron chi connectivity index (χ3n) is 3.20. The summed E-state index contributed by atoms with van der Waals surface area (Å²) in [6, 6.07) is -0.0202. The lowest BCUT2D eigenvalue weighted by Gasteiger charge is -2.31. The van der Waals surface area contributed by atoms with Gasteiger partial charge in [-0.05, 0) is 12.8 Å². The molecular formula is C13H17N3O4. The van der Waals surface area contributed by atoms with E-state index in [-0.39, 0.29) is 24.3 Å². The van der Waals surface area contributed by atoms with Crippen molar-refractivity contribution in [3.63, 3.8) is 0 Å². The van der Waals surface area contributed by atoms with Crippen molar-refractivity contribution in [3.8, 4) is 0 Å². The molecule has 7 nitrogen and oxygen atoms in total. The molecule has 1 aliphatic heterocycles. The van der Waals surface area contributed by atoms with E-state index < -0.39 is 5.97 Å². The Morgan fingerprint density at radius 1 is 1.60 bits per heavy atom. The highest BCUT2D eigenvalue weighted by atomic mass is 16.6. The van der Waals surface area contributed by atoms with Crippen LogP contribution in [0.5, 0.6) is 0 Å². The number of hydrogen-bond donors (Lipinski definition) is 1. The first-order chi connectivity index (χ1) is 9.61. The topological polar surface area (TPSA) is 84.7 Å². The Morgan fingerprint density at radius 2 is 2.40 bits per heavy atom. The lowest BCUT2D eigenvalue weighted by Crippen LogP contribution is -2.41. The van der Waals surface area contributed by atoms with Crippen molar-refractivity contribution < 1.29 is 19.4 Å². The fourth-order valence-electron chi connectivity index (χ4n) is 2.21. The molecule has 0 bridgehead atoms. The van der Waals surface area contributed by atoms with Gasteiger partial charge >= 0.3 is 12.1 Å². The van der Waals surface area contributed by atoms with E-state index in [9.17, 15) is 9.59 Å². The molecular weight excluding hydrogens is 262 g/mol. The quantitative estimate of drug-likeness (QED) is 0.845. The minimum atomic E-state index is -1.01. The van der Waals surface area contributed by atoms with Crippen molar-refractivity contribution in [1.29, 1.82) is 0 Å². The number of ether oxygens (including phenoxy) is 1. The first-order valence-electron chi connectivity index (χ1n) is 6.42. The molecule has 2 heterocycles. The van der Waals surface area contributed by atoms with Crippen LogP contribution in [0.15, 0.2) is 25.0 Å². The minimum absolute atomic E-state index is 0.0202. The summed E-state index contributed by atoms with van der Waals surface area (Å²) in [6.45, 7) is 4.79. The second-order valence-electron chi connectivity index (χ2n) is 4.62. The Labute approximate surface area is 116 Å². The van der Waals surface area contributed by atoms with Gasteiger partial charge in [0.2, 0.25) is 0 Å². The zero-order valence-corrected chi connectivity index (χ0v) is 11.1. The SMILES string of the molecule is C=CCOC(=O)N1CCCC(n2cc(C(=O)O)cn2)C1. The number of carboxylic acids is 1. The molecule has 7 heteroatoms. The van der Waals surface area contributed by atoms with Crippen LogP contribution in [0.2, 0.25) is 0 Å². The third kappa shape index (κ3) is 3.17. The predicted molar refractivity (Wildman–Crippen MR) is 70.6 cm³/mol. The number of rotatable bonds is 4. The average molecular weight is 279 g/mol. The Hall–Kier alpha value is -2.31. The van der Waals surface area contributed by atoms with Crippen LogP contribution in [-0.2, 0) is 4.74 Å². The van der Waals surface area contributed by atoms with E-state index in [1.165, 1.54) is 18.5 Å². The Bertz CT molecular complexity index is 511. The second-order valence-corrected chi connectivity index (χ2v) is 4.62. The molecule has 108 valence electrons. The summed E-state index contributed by atoms with van der Waals surface area (Å²) in [7, 11) is 0. The number of carboxylic acid groups (broad SMARTS) is 1. The first-order valence-corrected chi connectivity index (χ1v) is 6.42. The van der Waals surface area contributed by atoms with E-state index >= 15 is 0 Å². The van der Waals surface area contributed by atoms with E-state index in [0.29, 0.717) is 13.1 Å². The van der Waals surface area contributed by atoms with Crippen molar-refractivity contribution in [2.45, 2.75) is 18.9 Å². The highest BCUT2D eigenvalue weighted by Crippen LogP contribution is 2.21. The van der Waals surface area contributed by atoms with E-state index in [0.717, 1.165) is 12.8 Å². The Balaban J connectivity index is 2.00. The van der Waals surface area contributed by atoms with Crippen LogP contribution in [0, 0.1) is 0 Å². The summed E-state index contributed by atoms with van der Waals surface area (Å²) in [6.07, 6.45) is 5.64. The van der Waals surface area contributed by atoms with Gasteiger partial charge in [-0.1, -0.05) is 12.7 Å². The zero-order valence-electron chi connectivity index (χ0n) is 11.1. The maximum atomic E-state index is 11.8. The number of carbonyl (C=O) groups is 2. The summed E-state index contributed by atoms with van der Waals surface area (Å²) in [4.78, 5) is 24.2. The fraction of sp³-hybridized carbons (Fsp3) is 0.462. The van der Waals surface area contributed by atoms with Gasteiger partial charge in [0.15, 0.2) is 0 Å². The second kappa shape index (κ2) is 6.23. The van der Waals surface area contributed by atoms with Crippen molar-refractivity contribution >= 4 is 12.1 Å². The molecule has 0 aromatic carbocycles. The Kier molecular flexibility index (Phi) is 4.39. The maximum absolute atomic E-state index is 11.8. The van der Waals surface area contributed by atoms with Crippen molar-refractivity contribution in [1.82, 2.24) is 14.7 Å². The third-order valence-corrected chi connectivity index (χ3v) is 3.20. The lowest BCUT2D eigenvalue weighted by molar-refractivity contribution is 0.0695. The predicted octanol–water partition coefficient (Wildman–Crippen LogP) is 1.54. The molecule has 0 saturated carbocycles. The van der Waals surface area contributed by atoms with E-state index in [2.05, 4.69) is 11.7 Å². The summed E-state index contributed by atoms with van der Waals surface area (Å²) in [5.41, 5.74) is 0.149. The number of aromatic carboxylic acids is 1. The summed E-state index contributed by atoms with van der Waals surface area (Å²) < 4.78 is 6.61. The summed E-state index contributed by atoms with van der Waals surface area (Å²) >= 11 is 0. The first kappa shape index (κ1) is 14.1. The van der Waals surface area contributed by atoms with Crippen LogP contribution >= 0.6 is 0 Å². The number of aromatic nitrogens is 2. The molecule has 1 aliphatic rings. The molecule has 1 amide bonds. The number of piperidine rings is 1. The minimum Gasteiger partial charge on any atom is -0.478 e. The fourth-order valence-corrected chi connectivity index (χ4v) is 2.21. The smallest absolute Gasteiger partial charge is 0.410 e. The van der Waals surface area contributed by atoms with E-state index in [1.807, 2.05) is 0 Å². The van der Waals surface area contributed by atoms with Crippen LogP contribution in [-0.4, -0.2) is 51.5 Å². The van der Waals surface area contributed by atoms with Gasteiger partial charge in [-0.15, -0.1) is 0 Å². The number of carbonyl (C=O) groups excluding carboxylic acids is 1. The molecule has 1 saturated heterocycles. The maximum Gasteiger partial charge on any atom is 0.410 e. The molecule has 1 unspecified atom stereocenters. The Morgan fingerprint density at radius 3 is 3.05 bits per heavy atom. The molecule has 0 aliphatic carbocycles. The normalized spacial score (nSPS) is 18.6. The van der Waals surface area contributed by atoms with Gasteiger partial charge in [-0.25, -0.2) is 9.59 Å². The number of likely N-dealkylation sites (tertiary alicyclic amines) is 1. The van der Waals surface area contributed by atoms with Crippen LogP contribution in [0.1, 0.15) is 29.2 Å².